The molecule has 0 aliphatic heterocycles. The van der Waals surface area contributed by atoms with Crippen LogP contribution in [0.15, 0.2) is 29.2 Å². The van der Waals surface area contributed by atoms with E-state index < -0.39 is 14.6 Å². The van der Waals surface area contributed by atoms with Gasteiger partial charge in [-0.05, 0) is 51.4 Å². The lowest BCUT2D eigenvalue weighted by Crippen LogP contribution is -2.34. The van der Waals surface area contributed by atoms with Crippen molar-refractivity contribution in [3.05, 3.63) is 29.8 Å². The second kappa shape index (κ2) is 4.55. The van der Waals surface area contributed by atoms with Crippen LogP contribution in [0.5, 0.6) is 0 Å². The zero-order chi connectivity index (χ0) is 12.4. The third-order valence-corrected chi connectivity index (χ3v) is 5.31. The minimum atomic E-state index is -3.30. The van der Waals surface area contributed by atoms with E-state index in [-0.39, 0.29) is 0 Å². The summed E-state index contributed by atoms with van der Waals surface area (Å²) in [6.07, 6.45) is 0.462. The standard InChI is InChI=1S/C12H19NO2S/c1-10-5-4-6-11(9-10)16(14,15)12(2,3)7-8-13/h4-6,9H,7-8,13H2,1-3H3. The van der Waals surface area contributed by atoms with Crippen LogP contribution in [0.3, 0.4) is 0 Å². The zero-order valence-electron chi connectivity index (χ0n) is 10.0. The first-order valence-corrected chi connectivity index (χ1v) is 6.81. The molecule has 0 saturated heterocycles. The Bertz CT molecular complexity index is 464. The molecule has 0 saturated carbocycles. The van der Waals surface area contributed by atoms with Gasteiger partial charge in [0.1, 0.15) is 0 Å². The fourth-order valence-electron chi connectivity index (χ4n) is 1.58. The van der Waals surface area contributed by atoms with Gasteiger partial charge in [0.15, 0.2) is 9.84 Å². The highest BCUT2D eigenvalue weighted by Crippen LogP contribution is 2.28. The molecule has 0 aromatic heterocycles. The molecule has 0 atom stereocenters. The Morgan fingerprint density at radius 2 is 1.94 bits per heavy atom. The summed E-state index contributed by atoms with van der Waals surface area (Å²) in [5.74, 6) is 0. The van der Waals surface area contributed by atoms with Gasteiger partial charge in [-0.3, -0.25) is 0 Å². The first-order chi connectivity index (χ1) is 7.31. The Morgan fingerprint density at radius 3 is 2.44 bits per heavy atom. The number of sulfone groups is 1. The molecule has 1 aromatic rings. The molecule has 0 bridgehead atoms. The average molecular weight is 241 g/mol. The topological polar surface area (TPSA) is 60.2 Å². The summed E-state index contributed by atoms with van der Waals surface area (Å²) >= 11 is 0. The van der Waals surface area contributed by atoms with E-state index >= 15 is 0 Å². The van der Waals surface area contributed by atoms with Crippen molar-refractivity contribution in [2.75, 3.05) is 6.54 Å². The SMILES string of the molecule is Cc1cccc(S(=O)(=O)C(C)(C)CCN)c1. The van der Waals surface area contributed by atoms with Gasteiger partial charge in [0.25, 0.3) is 0 Å². The maximum Gasteiger partial charge on any atom is 0.183 e. The van der Waals surface area contributed by atoms with Crippen LogP contribution in [-0.4, -0.2) is 19.7 Å². The van der Waals surface area contributed by atoms with E-state index in [9.17, 15) is 8.42 Å². The van der Waals surface area contributed by atoms with Crippen LogP contribution in [0.25, 0.3) is 0 Å². The monoisotopic (exact) mass is 241 g/mol. The molecule has 0 unspecified atom stereocenters. The van der Waals surface area contributed by atoms with Crippen molar-refractivity contribution in [3.63, 3.8) is 0 Å². The van der Waals surface area contributed by atoms with Gasteiger partial charge in [-0.15, -0.1) is 0 Å². The normalized spacial score (nSPS) is 12.8. The van der Waals surface area contributed by atoms with E-state index in [1.807, 2.05) is 13.0 Å². The average Bonchev–Trinajstić information content (AvgIpc) is 2.17. The van der Waals surface area contributed by atoms with Crippen molar-refractivity contribution in [2.45, 2.75) is 36.8 Å². The predicted octanol–water partition coefficient (Wildman–Crippen LogP) is 1.90. The molecule has 0 aliphatic rings. The van der Waals surface area contributed by atoms with Crippen molar-refractivity contribution in [1.29, 1.82) is 0 Å². The third kappa shape index (κ3) is 2.44. The summed E-state index contributed by atoms with van der Waals surface area (Å²) in [6, 6.07) is 6.99. The number of benzene rings is 1. The number of aryl methyl sites for hydroxylation is 1. The minimum Gasteiger partial charge on any atom is -0.330 e. The third-order valence-electron chi connectivity index (χ3n) is 2.77. The quantitative estimate of drug-likeness (QED) is 0.875. The molecule has 0 heterocycles. The summed E-state index contributed by atoms with van der Waals surface area (Å²) in [5.41, 5.74) is 6.40. The first-order valence-electron chi connectivity index (χ1n) is 5.32. The molecule has 3 nitrogen and oxygen atoms in total. The van der Waals surface area contributed by atoms with Gasteiger partial charge in [-0.2, -0.15) is 0 Å². The lowest BCUT2D eigenvalue weighted by atomic mass is 10.1. The van der Waals surface area contributed by atoms with Crippen LogP contribution in [0.1, 0.15) is 25.8 Å². The van der Waals surface area contributed by atoms with Crippen molar-refractivity contribution >= 4 is 9.84 Å². The van der Waals surface area contributed by atoms with Gasteiger partial charge in [-0.25, -0.2) is 8.42 Å². The smallest absolute Gasteiger partial charge is 0.183 e. The number of nitrogens with two attached hydrogens (primary N) is 1. The number of rotatable bonds is 4. The molecule has 2 N–H and O–H groups in total. The summed E-state index contributed by atoms with van der Waals surface area (Å²) in [4.78, 5) is 0.381. The van der Waals surface area contributed by atoms with E-state index in [0.717, 1.165) is 5.56 Å². The van der Waals surface area contributed by atoms with Crippen molar-refractivity contribution in [1.82, 2.24) is 0 Å². The molecule has 0 aliphatic carbocycles. The van der Waals surface area contributed by atoms with Gasteiger partial charge in [-0.1, -0.05) is 12.1 Å². The zero-order valence-corrected chi connectivity index (χ0v) is 10.8. The van der Waals surface area contributed by atoms with Crippen LogP contribution in [0.2, 0.25) is 0 Å². The first kappa shape index (κ1) is 13.2. The van der Waals surface area contributed by atoms with E-state index in [1.165, 1.54) is 0 Å². The van der Waals surface area contributed by atoms with E-state index in [1.54, 1.807) is 32.0 Å². The Labute approximate surface area is 97.6 Å². The largest absolute Gasteiger partial charge is 0.330 e. The lowest BCUT2D eigenvalue weighted by Gasteiger charge is -2.24. The van der Waals surface area contributed by atoms with Gasteiger partial charge < -0.3 is 5.73 Å². The highest BCUT2D eigenvalue weighted by molar-refractivity contribution is 7.92. The summed E-state index contributed by atoms with van der Waals surface area (Å²) in [5, 5.41) is 0. The number of hydrogen-bond acceptors (Lipinski definition) is 3. The van der Waals surface area contributed by atoms with E-state index in [0.29, 0.717) is 17.9 Å². The molecule has 1 aromatic carbocycles. The molecule has 0 spiro atoms. The Hall–Kier alpha value is -0.870. The van der Waals surface area contributed by atoms with Crippen molar-refractivity contribution in [3.8, 4) is 0 Å². The molecule has 1 rings (SSSR count). The van der Waals surface area contributed by atoms with Crippen LogP contribution in [0, 0.1) is 6.92 Å². The molecular formula is C12H19NO2S. The summed E-state index contributed by atoms with van der Waals surface area (Å²) < 4.78 is 23.9. The molecule has 16 heavy (non-hydrogen) atoms. The Balaban J connectivity index is 3.21. The number of hydrogen-bond donors (Lipinski definition) is 1. The predicted molar refractivity (Wildman–Crippen MR) is 66.1 cm³/mol. The molecule has 90 valence electrons. The van der Waals surface area contributed by atoms with E-state index in [2.05, 4.69) is 0 Å². The van der Waals surface area contributed by atoms with Gasteiger partial charge in [0.05, 0.1) is 9.64 Å². The summed E-state index contributed by atoms with van der Waals surface area (Å²) in [6.45, 7) is 5.70. The van der Waals surface area contributed by atoms with Gasteiger partial charge in [0.2, 0.25) is 0 Å². The second-order valence-electron chi connectivity index (χ2n) is 4.62. The van der Waals surface area contributed by atoms with Crippen molar-refractivity contribution in [2.24, 2.45) is 5.73 Å². The molecule has 0 fully saturated rings. The maximum absolute atomic E-state index is 12.3. The van der Waals surface area contributed by atoms with Gasteiger partial charge >= 0.3 is 0 Å². The lowest BCUT2D eigenvalue weighted by molar-refractivity contribution is 0.530. The van der Waals surface area contributed by atoms with E-state index in [4.69, 9.17) is 5.73 Å². The molecule has 4 heteroatoms. The fourth-order valence-corrected chi connectivity index (χ4v) is 3.21. The molecular weight excluding hydrogens is 222 g/mol. The molecule has 0 radical (unpaired) electrons. The maximum atomic E-state index is 12.3. The second-order valence-corrected chi connectivity index (χ2v) is 7.20. The highest BCUT2D eigenvalue weighted by atomic mass is 32.2. The minimum absolute atomic E-state index is 0.373. The summed E-state index contributed by atoms with van der Waals surface area (Å²) in [7, 11) is -3.30. The van der Waals surface area contributed by atoms with Gasteiger partial charge in [0, 0.05) is 0 Å². The van der Waals surface area contributed by atoms with Crippen LogP contribution < -0.4 is 5.73 Å². The Kier molecular flexibility index (Phi) is 3.76. The van der Waals surface area contributed by atoms with Crippen LogP contribution in [0.4, 0.5) is 0 Å². The van der Waals surface area contributed by atoms with Crippen molar-refractivity contribution < 1.29 is 8.42 Å². The van der Waals surface area contributed by atoms with Crippen LogP contribution >= 0.6 is 0 Å². The fraction of sp³-hybridized carbons (Fsp3) is 0.500. The molecule has 0 amide bonds. The highest BCUT2D eigenvalue weighted by Gasteiger charge is 2.34. The Morgan fingerprint density at radius 1 is 1.31 bits per heavy atom. The van der Waals surface area contributed by atoms with Crippen LogP contribution in [-0.2, 0) is 9.84 Å².